The van der Waals surface area contributed by atoms with Crippen molar-refractivity contribution in [1.29, 1.82) is 0 Å². The minimum Gasteiger partial charge on any atom is -0.550 e. The van der Waals surface area contributed by atoms with Crippen molar-refractivity contribution in [2.75, 3.05) is 0 Å². The number of benzene rings is 1. The third kappa shape index (κ3) is 4.22. The summed E-state index contributed by atoms with van der Waals surface area (Å²) < 4.78 is 19.1. The maximum absolute atomic E-state index is 13.0. The molecule has 1 aromatic carbocycles. The van der Waals surface area contributed by atoms with Crippen molar-refractivity contribution in [2.24, 2.45) is 0 Å². The number of carbonyl (C=O) groups is 1. The average molecular weight is 360 g/mol. The molecular weight excluding hydrogens is 352 g/mol. The fourth-order valence-corrected chi connectivity index (χ4v) is 3.00. The van der Waals surface area contributed by atoms with Gasteiger partial charge in [0.25, 0.3) is 0 Å². The number of oxazole rings is 1. The van der Waals surface area contributed by atoms with Gasteiger partial charge >= 0.3 is 29.6 Å². The van der Waals surface area contributed by atoms with Gasteiger partial charge in [0.1, 0.15) is 17.3 Å². The predicted octanol–water partition coefficient (Wildman–Crippen LogP) is 0.159. The normalized spacial score (nSPS) is 10.3. The second-order valence-electron chi connectivity index (χ2n) is 4.45. The van der Waals surface area contributed by atoms with Crippen LogP contribution in [0.3, 0.4) is 0 Å². The Bertz CT molecular complexity index is 832. The Hall–Kier alpha value is -1.18. The third-order valence-electron chi connectivity index (χ3n) is 2.90. The summed E-state index contributed by atoms with van der Waals surface area (Å²) in [7, 11) is 0. The number of rotatable bonds is 4. The maximum atomic E-state index is 13.0. The van der Waals surface area contributed by atoms with Crippen molar-refractivity contribution in [2.45, 2.75) is 6.42 Å². The molecule has 0 spiro atoms. The third-order valence-corrected chi connectivity index (χ3v) is 4.14. The molecule has 0 aliphatic rings. The molecule has 0 bridgehead atoms. The van der Waals surface area contributed by atoms with Crippen molar-refractivity contribution in [3.63, 3.8) is 0 Å². The number of thiophene rings is 1. The Labute approximate surface area is 162 Å². The first-order valence-electron chi connectivity index (χ1n) is 6.24. The van der Waals surface area contributed by atoms with E-state index in [1.54, 1.807) is 12.1 Å². The van der Waals surface area contributed by atoms with E-state index >= 15 is 0 Å². The van der Waals surface area contributed by atoms with Crippen LogP contribution < -0.4 is 34.7 Å². The Balaban J connectivity index is 0.00000192. The zero-order valence-electron chi connectivity index (χ0n) is 12.0. The van der Waals surface area contributed by atoms with E-state index in [0.29, 0.717) is 20.5 Å². The van der Waals surface area contributed by atoms with E-state index in [1.807, 2.05) is 0 Å². The number of hydrogen-bond donors (Lipinski definition) is 0. The Morgan fingerprint density at radius 3 is 2.52 bits per heavy atom. The van der Waals surface area contributed by atoms with E-state index < -0.39 is 12.4 Å². The molecule has 3 aromatic rings. The number of hydrogen-bond acceptors (Lipinski definition) is 5. The summed E-state index contributed by atoms with van der Waals surface area (Å²) in [6.07, 6.45) is -0.404. The predicted molar refractivity (Wildman–Crippen MR) is 78.9 cm³/mol. The number of carbonyl (C=O) groups excluding carboxylic acids is 1. The van der Waals surface area contributed by atoms with Gasteiger partial charge in [-0.1, -0.05) is 11.6 Å². The molecule has 0 atom stereocenters. The van der Waals surface area contributed by atoms with Crippen LogP contribution in [0.1, 0.15) is 5.76 Å². The number of nitrogens with zero attached hydrogens (tertiary/aromatic N) is 1. The van der Waals surface area contributed by atoms with Gasteiger partial charge < -0.3 is 14.3 Å². The van der Waals surface area contributed by atoms with Crippen LogP contribution in [0.5, 0.6) is 0 Å². The van der Waals surface area contributed by atoms with Gasteiger partial charge in [0, 0.05) is 18.0 Å². The summed E-state index contributed by atoms with van der Waals surface area (Å²) in [6, 6.07) is 9.00. The van der Waals surface area contributed by atoms with Crippen LogP contribution >= 0.6 is 22.9 Å². The van der Waals surface area contributed by atoms with Crippen LogP contribution in [-0.4, -0.2) is 11.0 Å². The summed E-state index contributed by atoms with van der Waals surface area (Å²) >= 11 is 7.16. The first kappa shape index (κ1) is 18.2. The number of aromatic nitrogens is 1. The van der Waals surface area contributed by atoms with E-state index in [9.17, 15) is 14.3 Å². The zero-order valence-corrected chi connectivity index (χ0v) is 15.6. The summed E-state index contributed by atoms with van der Waals surface area (Å²) in [5.74, 6) is -1.25. The van der Waals surface area contributed by atoms with Gasteiger partial charge in [0.2, 0.25) is 5.89 Å². The molecule has 112 valence electrons. The summed E-state index contributed by atoms with van der Waals surface area (Å²) in [4.78, 5) is 15.9. The molecule has 2 aromatic heterocycles. The molecule has 2 heterocycles. The average Bonchev–Trinajstić information content (AvgIpc) is 3.05. The molecule has 0 radical (unpaired) electrons. The topological polar surface area (TPSA) is 66.2 Å². The van der Waals surface area contributed by atoms with E-state index in [2.05, 4.69) is 4.98 Å². The smallest absolute Gasteiger partial charge is 0.550 e. The Morgan fingerprint density at radius 2 is 1.96 bits per heavy atom. The van der Waals surface area contributed by atoms with Crippen LogP contribution in [0.2, 0.25) is 4.34 Å². The second-order valence-corrected chi connectivity index (χ2v) is 6.17. The van der Waals surface area contributed by atoms with Gasteiger partial charge in [0.15, 0.2) is 0 Å². The fourth-order valence-electron chi connectivity index (χ4n) is 1.95. The minimum atomic E-state index is -1.27. The van der Waals surface area contributed by atoms with Crippen LogP contribution in [0.25, 0.3) is 22.0 Å². The fraction of sp³-hybridized carbons (Fsp3) is 0.0667. The van der Waals surface area contributed by atoms with Crippen LogP contribution in [-0.2, 0) is 11.2 Å². The molecular formula is C15H8ClFNNaO3S. The maximum Gasteiger partial charge on any atom is 1.00 e. The Morgan fingerprint density at radius 1 is 1.26 bits per heavy atom. The molecule has 23 heavy (non-hydrogen) atoms. The molecule has 0 aliphatic heterocycles. The van der Waals surface area contributed by atoms with Crippen LogP contribution in [0.4, 0.5) is 4.39 Å². The number of aliphatic carboxylic acids is 1. The van der Waals surface area contributed by atoms with E-state index in [-0.39, 0.29) is 47.0 Å². The summed E-state index contributed by atoms with van der Waals surface area (Å²) in [5.41, 5.74) is 0.954. The zero-order chi connectivity index (χ0) is 15.7. The Kier molecular flexibility index (Phi) is 6.00. The molecule has 0 saturated carbocycles. The molecule has 4 nitrogen and oxygen atoms in total. The molecule has 3 rings (SSSR count). The van der Waals surface area contributed by atoms with Crippen LogP contribution in [0, 0.1) is 5.82 Å². The second kappa shape index (κ2) is 7.59. The largest absolute Gasteiger partial charge is 1.00 e. The number of carboxylic acids is 1. The summed E-state index contributed by atoms with van der Waals surface area (Å²) in [5, 5.41) is 10.9. The SMILES string of the molecule is O=C([O-])Cc1oc(-c2ccc(F)cc2)nc1-c1ccc(Cl)s1.[Na+]. The quantitative estimate of drug-likeness (QED) is 0.622. The standard InChI is InChI=1S/C15H9ClFNO3S.Na/c16-12-6-5-11(22-12)14-10(7-13(19)20)21-15(18-14)8-1-3-9(17)4-2-8;/h1-6H,7H2,(H,19,20);/q;+1/p-1. The monoisotopic (exact) mass is 359 g/mol. The number of halogens is 2. The van der Waals surface area contributed by atoms with Gasteiger partial charge in [-0.25, -0.2) is 9.37 Å². The molecule has 0 N–H and O–H groups in total. The van der Waals surface area contributed by atoms with Gasteiger partial charge in [-0.3, -0.25) is 0 Å². The van der Waals surface area contributed by atoms with Crippen LogP contribution in [0.15, 0.2) is 40.8 Å². The minimum absolute atomic E-state index is 0. The van der Waals surface area contributed by atoms with Crippen molar-refractivity contribution < 1.29 is 48.3 Å². The molecule has 0 unspecified atom stereocenters. The van der Waals surface area contributed by atoms with Crippen molar-refractivity contribution >= 4 is 28.9 Å². The van der Waals surface area contributed by atoms with Crippen molar-refractivity contribution in [1.82, 2.24) is 4.98 Å². The van der Waals surface area contributed by atoms with Gasteiger partial charge in [0.05, 0.1) is 9.21 Å². The van der Waals surface area contributed by atoms with Crippen molar-refractivity contribution in [3.8, 4) is 22.0 Å². The van der Waals surface area contributed by atoms with E-state index in [1.165, 1.54) is 35.6 Å². The molecule has 0 amide bonds. The molecule has 0 aliphatic carbocycles. The number of carboxylic acid groups (broad SMARTS) is 1. The first-order valence-corrected chi connectivity index (χ1v) is 7.43. The molecule has 0 fully saturated rings. The molecule has 8 heteroatoms. The van der Waals surface area contributed by atoms with Gasteiger partial charge in [-0.05, 0) is 36.4 Å². The summed E-state index contributed by atoms with van der Waals surface area (Å²) in [6.45, 7) is 0. The van der Waals surface area contributed by atoms with Crippen molar-refractivity contribution in [3.05, 3.63) is 52.3 Å². The van der Waals surface area contributed by atoms with E-state index in [4.69, 9.17) is 16.0 Å². The van der Waals surface area contributed by atoms with Gasteiger partial charge in [-0.15, -0.1) is 11.3 Å². The molecule has 0 saturated heterocycles. The first-order chi connectivity index (χ1) is 10.5. The van der Waals surface area contributed by atoms with E-state index in [0.717, 1.165) is 0 Å². The van der Waals surface area contributed by atoms with Gasteiger partial charge in [-0.2, -0.15) is 0 Å².